The summed E-state index contributed by atoms with van der Waals surface area (Å²) in [4.78, 5) is 3.10. The van der Waals surface area contributed by atoms with E-state index in [0.29, 0.717) is 6.61 Å². The lowest BCUT2D eigenvalue weighted by Gasteiger charge is -2.10. The minimum absolute atomic E-state index is 0.324. The lowest BCUT2D eigenvalue weighted by molar-refractivity contribution is 0.0653. The van der Waals surface area contributed by atoms with Crippen molar-refractivity contribution in [2.45, 2.75) is 6.10 Å². The van der Waals surface area contributed by atoms with Gasteiger partial charge in [0.05, 0.1) is 6.61 Å². The molecule has 3 heteroatoms. The summed E-state index contributed by atoms with van der Waals surface area (Å²) >= 11 is 0. The molecule has 1 heterocycles. The second-order valence-corrected chi connectivity index (χ2v) is 3.26. The van der Waals surface area contributed by atoms with E-state index >= 15 is 0 Å². The summed E-state index contributed by atoms with van der Waals surface area (Å²) in [6.07, 6.45) is 1.31. The Balaban J connectivity index is 2.45. The minimum atomic E-state index is -0.556. The van der Waals surface area contributed by atoms with Crippen molar-refractivity contribution in [1.29, 1.82) is 0 Å². The summed E-state index contributed by atoms with van der Waals surface area (Å²) in [5, 5.41) is 10.9. The van der Waals surface area contributed by atoms with Crippen LogP contribution in [0.5, 0.6) is 0 Å². The van der Waals surface area contributed by atoms with Crippen molar-refractivity contribution in [1.82, 2.24) is 4.98 Å². The lowest BCUT2D eigenvalue weighted by Crippen LogP contribution is -2.05. The van der Waals surface area contributed by atoms with Gasteiger partial charge in [0.15, 0.2) is 0 Å². The quantitative estimate of drug-likeness (QED) is 0.777. The fraction of sp³-hybridized carbons (Fsp3) is 0.273. The number of aliphatic hydroxyl groups excluding tert-OH is 1. The van der Waals surface area contributed by atoms with Crippen molar-refractivity contribution < 1.29 is 9.84 Å². The van der Waals surface area contributed by atoms with E-state index < -0.39 is 6.10 Å². The molecule has 0 spiro atoms. The number of hydrogen-bond acceptors (Lipinski definition) is 2. The van der Waals surface area contributed by atoms with E-state index in [1.807, 2.05) is 30.5 Å². The van der Waals surface area contributed by atoms with Crippen LogP contribution in [0.3, 0.4) is 0 Å². The molecule has 14 heavy (non-hydrogen) atoms. The van der Waals surface area contributed by atoms with Crippen LogP contribution in [0.4, 0.5) is 0 Å². The number of aliphatic hydroxyl groups is 1. The van der Waals surface area contributed by atoms with Crippen LogP contribution in [0.2, 0.25) is 0 Å². The van der Waals surface area contributed by atoms with Crippen LogP contribution in [0.1, 0.15) is 11.7 Å². The molecular weight excluding hydrogens is 178 g/mol. The standard InChI is InChI=1S/C11H13NO2/c1-14-7-11(13)9-3-2-4-10-8(9)5-6-12-10/h2-6,11-13H,7H2,1H3. The molecule has 0 amide bonds. The van der Waals surface area contributed by atoms with Gasteiger partial charge in [-0.1, -0.05) is 12.1 Å². The maximum atomic E-state index is 9.80. The van der Waals surface area contributed by atoms with E-state index in [4.69, 9.17) is 4.74 Å². The first-order chi connectivity index (χ1) is 6.83. The Morgan fingerprint density at radius 1 is 1.43 bits per heavy atom. The van der Waals surface area contributed by atoms with Gasteiger partial charge in [-0.3, -0.25) is 0 Å². The van der Waals surface area contributed by atoms with Crippen molar-refractivity contribution in [3.05, 3.63) is 36.0 Å². The number of fused-ring (bicyclic) bond motifs is 1. The van der Waals surface area contributed by atoms with Crippen molar-refractivity contribution in [2.75, 3.05) is 13.7 Å². The number of nitrogens with one attached hydrogen (secondary N) is 1. The third-order valence-electron chi connectivity index (χ3n) is 2.31. The number of aromatic amines is 1. The molecule has 3 nitrogen and oxygen atoms in total. The SMILES string of the molecule is COCC(O)c1cccc2[nH]ccc12. The van der Waals surface area contributed by atoms with Gasteiger partial charge < -0.3 is 14.8 Å². The molecule has 1 atom stereocenters. The average molecular weight is 191 g/mol. The molecule has 0 aliphatic carbocycles. The highest BCUT2D eigenvalue weighted by Gasteiger charge is 2.10. The van der Waals surface area contributed by atoms with E-state index in [9.17, 15) is 5.11 Å². The van der Waals surface area contributed by atoms with E-state index in [0.717, 1.165) is 16.5 Å². The molecule has 0 saturated heterocycles. The van der Waals surface area contributed by atoms with Crippen molar-refractivity contribution >= 4 is 10.9 Å². The van der Waals surface area contributed by atoms with Crippen LogP contribution in [-0.2, 0) is 4.74 Å². The number of ether oxygens (including phenoxy) is 1. The maximum absolute atomic E-state index is 9.80. The summed E-state index contributed by atoms with van der Waals surface area (Å²) in [5.74, 6) is 0. The van der Waals surface area contributed by atoms with Crippen molar-refractivity contribution in [2.24, 2.45) is 0 Å². The highest BCUT2D eigenvalue weighted by atomic mass is 16.5. The molecule has 1 unspecified atom stereocenters. The fourth-order valence-electron chi connectivity index (χ4n) is 1.65. The van der Waals surface area contributed by atoms with Gasteiger partial charge in [-0.05, 0) is 17.7 Å². The van der Waals surface area contributed by atoms with E-state index in [2.05, 4.69) is 4.98 Å². The minimum Gasteiger partial charge on any atom is -0.386 e. The van der Waals surface area contributed by atoms with Gasteiger partial charge in [-0.2, -0.15) is 0 Å². The first-order valence-corrected chi connectivity index (χ1v) is 4.56. The Hall–Kier alpha value is -1.32. The van der Waals surface area contributed by atoms with Gasteiger partial charge in [0, 0.05) is 24.2 Å². The van der Waals surface area contributed by atoms with Crippen LogP contribution in [-0.4, -0.2) is 23.8 Å². The summed E-state index contributed by atoms with van der Waals surface area (Å²) in [7, 11) is 1.58. The molecule has 2 aromatic rings. The molecule has 0 fully saturated rings. The Bertz CT molecular complexity index is 422. The number of aromatic nitrogens is 1. The molecule has 2 N–H and O–H groups in total. The Morgan fingerprint density at radius 3 is 3.07 bits per heavy atom. The Labute approximate surface area is 82.3 Å². The van der Waals surface area contributed by atoms with Crippen molar-refractivity contribution in [3.63, 3.8) is 0 Å². The van der Waals surface area contributed by atoms with Gasteiger partial charge in [0.2, 0.25) is 0 Å². The predicted molar refractivity (Wildman–Crippen MR) is 55.1 cm³/mol. The van der Waals surface area contributed by atoms with E-state index in [1.54, 1.807) is 7.11 Å². The van der Waals surface area contributed by atoms with Crippen molar-refractivity contribution in [3.8, 4) is 0 Å². The molecule has 0 saturated carbocycles. The van der Waals surface area contributed by atoms with Crippen LogP contribution < -0.4 is 0 Å². The topological polar surface area (TPSA) is 45.2 Å². The third-order valence-corrected chi connectivity index (χ3v) is 2.31. The lowest BCUT2D eigenvalue weighted by atomic mass is 10.1. The second kappa shape index (κ2) is 3.82. The van der Waals surface area contributed by atoms with Crippen LogP contribution >= 0.6 is 0 Å². The fourth-order valence-corrected chi connectivity index (χ4v) is 1.65. The number of methoxy groups -OCH3 is 1. The molecule has 74 valence electrons. The average Bonchev–Trinajstić information content (AvgIpc) is 2.65. The number of hydrogen-bond donors (Lipinski definition) is 2. The van der Waals surface area contributed by atoms with Gasteiger partial charge in [-0.25, -0.2) is 0 Å². The zero-order chi connectivity index (χ0) is 9.97. The zero-order valence-electron chi connectivity index (χ0n) is 8.03. The number of H-pyrrole nitrogens is 1. The highest BCUT2D eigenvalue weighted by molar-refractivity contribution is 5.83. The molecule has 1 aromatic carbocycles. The Kier molecular flexibility index (Phi) is 2.52. The molecule has 0 bridgehead atoms. The largest absolute Gasteiger partial charge is 0.386 e. The molecule has 0 aliphatic rings. The van der Waals surface area contributed by atoms with E-state index in [-0.39, 0.29) is 0 Å². The van der Waals surface area contributed by atoms with Crippen LogP contribution in [0.15, 0.2) is 30.5 Å². The summed E-state index contributed by atoms with van der Waals surface area (Å²) in [5.41, 5.74) is 1.95. The summed E-state index contributed by atoms with van der Waals surface area (Å²) < 4.78 is 4.92. The van der Waals surface area contributed by atoms with E-state index in [1.165, 1.54) is 0 Å². The molecule has 1 aromatic heterocycles. The molecular formula is C11H13NO2. The third kappa shape index (κ3) is 1.52. The summed E-state index contributed by atoms with van der Waals surface area (Å²) in [6, 6.07) is 7.79. The van der Waals surface area contributed by atoms with Crippen LogP contribution in [0.25, 0.3) is 10.9 Å². The first-order valence-electron chi connectivity index (χ1n) is 4.56. The molecule has 0 aliphatic heterocycles. The first kappa shape index (κ1) is 9.24. The maximum Gasteiger partial charge on any atom is 0.103 e. The van der Waals surface area contributed by atoms with Gasteiger partial charge in [-0.15, -0.1) is 0 Å². The highest BCUT2D eigenvalue weighted by Crippen LogP contribution is 2.23. The normalized spacial score (nSPS) is 13.3. The Morgan fingerprint density at radius 2 is 2.29 bits per heavy atom. The monoisotopic (exact) mass is 191 g/mol. The smallest absolute Gasteiger partial charge is 0.103 e. The van der Waals surface area contributed by atoms with Gasteiger partial charge >= 0.3 is 0 Å². The number of benzene rings is 1. The second-order valence-electron chi connectivity index (χ2n) is 3.26. The molecule has 0 radical (unpaired) electrons. The van der Waals surface area contributed by atoms with Crippen LogP contribution in [0, 0.1) is 0 Å². The zero-order valence-corrected chi connectivity index (χ0v) is 8.03. The predicted octanol–water partition coefficient (Wildman–Crippen LogP) is 1.85. The van der Waals surface area contributed by atoms with Gasteiger partial charge in [0.25, 0.3) is 0 Å². The summed E-state index contributed by atoms with van der Waals surface area (Å²) in [6.45, 7) is 0.324. The molecule has 2 rings (SSSR count). The number of rotatable bonds is 3. The van der Waals surface area contributed by atoms with Gasteiger partial charge in [0.1, 0.15) is 6.10 Å².